The zero-order valence-corrected chi connectivity index (χ0v) is 26.7. The summed E-state index contributed by atoms with van der Waals surface area (Å²) in [6.45, 7) is 10.8. The minimum Gasteiger partial charge on any atom is -0.334 e. The van der Waals surface area contributed by atoms with Crippen molar-refractivity contribution in [3.63, 3.8) is 0 Å². The Kier molecular flexibility index (Phi) is 12.0. The summed E-state index contributed by atoms with van der Waals surface area (Å²) in [4.78, 5) is 21.5. The Hall–Kier alpha value is -3.42. The standard InChI is InChI=1S/C36H45FN4OS/c1-6-12-31(23-34-27(3)13-10-18-35(34)39-43-33-17-11-16-30(37)20-21-33)41(25-32-24-38-28(4)40(32)5)36(42)22-19-26(2)29-14-8-7-9-15-29/h6-9,11-12,14-17,20,23-24,26-27,35,39H,1,10,13,18-19,21-22,25H2,2-5H3/b31-12+,34-23+. The molecule has 0 bridgehead atoms. The Morgan fingerprint density at radius 1 is 1.30 bits per heavy atom. The highest BCUT2D eigenvalue weighted by atomic mass is 32.2. The Morgan fingerprint density at radius 3 is 2.81 bits per heavy atom. The summed E-state index contributed by atoms with van der Waals surface area (Å²) in [6, 6.07) is 10.5. The first kappa shape index (κ1) is 32.5. The number of carbonyl (C=O) groups excluding carboxylic acids is 1. The lowest BCUT2D eigenvalue weighted by molar-refractivity contribution is -0.129. The van der Waals surface area contributed by atoms with Gasteiger partial charge in [-0.2, -0.15) is 0 Å². The fourth-order valence-corrected chi connectivity index (χ4v) is 6.45. The van der Waals surface area contributed by atoms with Crippen LogP contribution in [0, 0.1) is 12.8 Å². The van der Waals surface area contributed by atoms with E-state index >= 15 is 0 Å². The van der Waals surface area contributed by atoms with Gasteiger partial charge in [0.15, 0.2) is 0 Å². The predicted octanol–water partition coefficient (Wildman–Crippen LogP) is 8.76. The van der Waals surface area contributed by atoms with E-state index in [1.54, 1.807) is 30.2 Å². The number of aromatic nitrogens is 2. The Bertz CT molecular complexity index is 1420. The third kappa shape index (κ3) is 9.04. The molecule has 0 radical (unpaired) electrons. The smallest absolute Gasteiger partial charge is 0.227 e. The number of nitrogens with zero attached hydrogens (tertiary/aromatic N) is 3. The van der Waals surface area contributed by atoms with Gasteiger partial charge in [-0.15, -0.1) is 0 Å². The van der Waals surface area contributed by atoms with Crippen LogP contribution in [-0.2, 0) is 18.4 Å². The number of hydrogen-bond donors (Lipinski definition) is 1. The van der Waals surface area contributed by atoms with Crippen LogP contribution in [0.5, 0.6) is 0 Å². The van der Waals surface area contributed by atoms with Crippen LogP contribution in [0.2, 0.25) is 0 Å². The van der Waals surface area contributed by atoms with Crippen molar-refractivity contribution in [3.8, 4) is 0 Å². The van der Waals surface area contributed by atoms with E-state index in [1.165, 1.54) is 17.2 Å². The van der Waals surface area contributed by atoms with Crippen molar-refractivity contribution in [1.29, 1.82) is 0 Å². The van der Waals surface area contributed by atoms with Crippen LogP contribution in [0.15, 0.2) is 108 Å². The number of imidazole rings is 1. The van der Waals surface area contributed by atoms with Gasteiger partial charge >= 0.3 is 0 Å². The molecule has 1 heterocycles. The van der Waals surface area contributed by atoms with E-state index in [1.807, 2.05) is 60.0 Å². The average Bonchev–Trinajstić information content (AvgIpc) is 3.18. The van der Waals surface area contributed by atoms with Gasteiger partial charge in [0.05, 0.1) is 18.4 Å². The van der Waals surface area contributed by atoms with E-state index in [2.05, 4.69) is 48.3 Å². The Labute approximate surface area is 261 Å². The first-order valence-corrected chi connectivity index (χ1v) is 16.1. The molecule has 7 heteroatoms. The molecule has 1 aromatic heterocycles. The second kappa shape index (κ2) is 15.9. The minimum absolute atomic E-state index is 0.0816. The minimum atomic E-state index is -0.204. The van der Waals surface area contributed by atoms with Gasteiger partial charge in [0, 0.05) is 36.5 Å². The largest absolute Gasteiger partial charge is 0.334 e. The van der Waals surface area contributed by atoms with Crippen LogP contribution in [0.3, 0.4) is 0 Å². The Morgan fingerprint density at radius 2 is 2.09 bits per heavy atom. The summed E-state index contributed by atoms with van der Waals surface area (Å²) in [6.07, 6.45) is 19.6. The fraction of sp³-hybridized carbons (Fsp3) is 0.389. The number of allylic oxidation sites excluding steroid dienone is 9. The van der Waals surface area contributed by atoms with E-state index in [0.717, 1.165) is 47.8 Å². The number of benzene rings is 1. The van der Waals surface area contributed by atoms with E-state index in [4.69, 9.17) is 0 Å². The second-order valence-corrected chi connectivity index (χ2v) is 12.5. The lowest BCUT2D eigenvalue weighted by Crippen LogP contribution is -2.34. The van der Waals surface area contributed by atoms with Crippen LogP contribution in [0.4, 0.5) is 4.39 Å². The van der Waals surface area contributed by atoms with E-state index in [0.29, 0.717) is 25.3 Å². The summed E-state index contributed by atoms with van der Waals surface area (Å²) in [5.41, 5.74) is 4.34. The highest BCUT2D eigenvalue weighted by Crippen LogP contribution is 2.34. The van der Waals surface area contributed by atoms with Crippen molar-refractivity contribution in [2.45, 2.75) is 77.8 Å². The van der Waals surface area contributed by atoms with Gasteiger partial charge in [-0.25, -0.2) is 9.37 Å². The molecule has 3 unspecified atom stereocenters. The van der Waals surface area contributed by atoms with Crippen molar-refractivity contribution in [3.05, 3.63) is 125 Å². The summed E-state index contributed by atoms with van der Waals surface area (Å²) < 4.78 is 19.4. The lowest BCUT2D eigenvalue weighted by atomic mass is 9.81. The molecule has 2 aliphatic carbocycles. The molecule has 1 fully saturated rings. The fourth-order valence-electron chi connectivity index (χ4n) is 5.59. The van der Waals surface area contributed by atoms with E-state index in [-0.39, 0.29) is 23.7 Å². The molecule has 3 atom stereocenters. The number of halogens is 1. The van der Waals surface area contributed by atoms with Gasteiger partial charge in [-0.05, 0) is 85.4 Å². The monoisotopic (exact) mass is 600 g/mol. The van der Waals surface area contributed by atoms with Gasteiger partial charge in [-0.1, -0.05) is 75.4 Å². The number of carbonyl (C=O) groups is 1. The molecule has 4 rings (SSSR count). The zero-order valence-electron chi connectivity index (χ0n) is 25.9. The third-order valence-corrected chi connectivity index (χ3v) is 9.45. The molecule has 2 aromatic rings. The second-order valence-electron chi connectivity index (χ2n) is 11.5. The maximum atomic E-state index is 14.0. The maximum absolute atomic E-state index is 14.0. The van der Waals surface area contributed by atoms with Crippen molar-refractivity contribution in [2.24, 2.45) is 13.0 Å². The van der Waals surface area contributed by atoms with Crippen molar-refractivity contribution >= 4 is 17.9 Å². The normalized spacial score (nSPS) is 20.8. The van der Waals surface area contributed by atoms with Crippen molar-refractivity contribution in [1.82, 2.24) is 19.2 Å². The topological polar surface area (TPSA) is 50.2 Å². The molecule has 2 aliphatic rings. The summed E-state index contributed by atoms with van der Waals surface area (Å²) >= 11 is 1.57. The van der Waals surface area contributed by atoms with Gasteiger partial charge in [-0.3, -0.25) is 9.52 Å². The first-order chi connectivity index (χ1) is 20.8. The molecule has 1 saturated carbocycles. The lowest BCUT2D eigenvalue weighted by Gasteiger charge is -2.33. The molecule has 5 nitrogen and oxygen atoms in total. The highest BCUT2D eigenvalue weighted by molar-refractivity contribution is 8.01. The molecule has 0 aliphatic heterocycles. The molecule has 1 N–H and O–H groups in total. The summed E-state index contributed by atoms with van der Waals surface area (Å²) in [5.74, 6) is 1.42. The van der Waals surface area contributed by atoms with Crippen LogP contribution < -0.4 is 4.72 Å². The predicted molar refractivity (Wildman–Crippen MR) is 178 cm³/mol. The molecule has 1 aromatic carbocycles. The molecule has 0 saturated heterocycles. The number of amides is 1. The first-order valence-electron chi connectivity index (χ1n) is 15.3. The van der Waals surface area contributed by atoms with Crippen LogP contribution >= 0.6 is 11.9 Å². The van der Waals surface area contributed by atoms with Gasteiger partial charge < -0.3 is 9.47 Å². The summed E-state index contributed by atoms with van der Waals surface area (Å²) in [5, 5.41) is 0. The molecular formula is C36H45FN4OS. The number of rotatable bonds is 12. The highest BCUT2D eigenvalue weighted by Gasteiger charge is 2.27. The van der Waals surface area contributed by atoms with E-state index in [9.17, 15) is 9.18 Å². The quantitative estimate of drug-likeness (QED) is 0.195. The molecule has 43 heavy (non-hydrogen) atoms. The molecule has 0 spiro atoms. The van der Waals surface area contributed by atoms with E-state index < -0.39 is 0 Å². The molecule has 1 amide bonds. The number of hydrogen-bond acceptors (Lipinski definition) is 4. The third-order valence-electron chi connectivity index (χ3n) is 8.48. The van der Waals surface area contributed by atoms with Gasteiger partial charge in [0.2, 0.25) is 5.91 Å². The van der Waals surface area contributed by atoms with Crippen LogP contribution in [0.1, 0.15) is 75.4 Å². The average molecular weight is 601 g/mol. The number of nitrogens with one attached hydrogen (secondary N) is 1. The van der Waals surface area contributed by atoms with Crippen molar-refractivity contribution < 1.29 is 9.18 Å². The van der Waals surface area contributed by atoms with Crippen LogP contribution in [-0.4, -0.2) is 26.4 Å². The SMILES string of the molecule is C=C/C=C(\C=C1/C(C)CCCC1NSC1=CC=CC(F)=CC1)N(Cc1cnc(C)n1C)C(=O)CCC(C)c1ccccc1. The summed E-state index contributed by atoms with van der Waals surface area (Å²) in [7, 11) is 1.99. The molecular weight excluding hydrogens is 555 g/mol. The molecule has 228 valence electrons. The Balaban J connectivity index is 1.60. The van der Waals surface area contributed by atoms with Crippen molar-refractivity contribution in [2.75, 3.05) is 0 Å². The number of aryl methyl sites for hydroxylation is 1. The zero-order chi connectivity index (χ0) is 30.8. The van der Waals surface area contributed by atoms with Gasteiger partial charge in [0.1, 0.15) is 11.7 Å². The maximum Gasteiger partial charge on any atom is 0.227 e. The van der Waals surface area contributed by atoms with Crippen LogP contribution in [0.25, 0.3) is 0 Å². The van der Waals surface area contributed by atoms with Gasteiger partial charge in [0.25, 0.3) is 0 Å².